The summed E-state index contributed by atoms with van der Waals surface area (Å²) in [5.41, 5.74) is 1.74. The Morgan fingerprint density at radius 1 is 1.00 bits per heavy atom. The van der Waals surface area contributed by atoms with Gasteiger partial charge in [-0.2, -0.15) is 0 Å². The Morgan fingerprint density at radius 2 is 1.79 bits per heavy atom. The van der Waals surface area contributed by atoms with Crippen LogP contribution in [0.5, 0.6) is 5.75 Å². The number of furan rings is 1. The van der Waals surface area contributed by atoms with E-state index in [1.54, 1.807) is 24.3 Å². The van der Waals surface area contributed by atoms with Crippen LogP contribution >= 0.6 is 0 Å². The van der Waals surface area contributed by atoms with Gasteiger partial charge in [0, 0.05) is 10.8 Å². The maximum Gasteiger partial charge on any atom is 0.256 e. The zero-order valence-electron chi connectivity index (χ0n) is 9.81. The van der Waals surface area contributed by atoms with Crippen LogP contribution in [0.3, 0.4) is 0 Å². The molecule has 0 atom stereocenters. The van der Waals surface area contributed by atoms with Gasteiger partial charge in [0.05, 0.1) is 10.9 Å². The van der Waals surface area contributed by atoms with Gasteiger partial charge in [-0.05, 0) is 24.3 Å². The molecule has 0 aliphatic heterocycles. The van der Waals surface area contributed by atoms with E-state index in [2.05, 4.69) is 4.98 Å². The third-order valence-electron chi connectivity index (χ3n) is 3.33. The number of aromatic hydroxyl groups is 1. The van der Waals surface area contributed by atoms with E-state index < -0.39 is 0 Å². The molecule has 2 heterocycles. The average Bonchev–Trinajstić information content (AvgIpc) is 2.78. The molecule has 92 valence electrons. The number of H-pyrrole nitrogens is 1. The second kappa shape index (κ2) is 3.38. The molecule has 0 aliphatic rings. The molecule has 0 radical (unpaired) electrons. The molecule has 2 N–H and O–H groups in total. The maximum atomic E-state index is 12.1. The van der Waals surface area contributed by atoms with Gasteiger partial charge in [-0.3, -0.25) is 4.79 Å². The van der Waals surface area contributed by atoms with Crippen molar-refractivity contribution in [3.8, 4) is 5.75 Å². The second-order valence-electron chi connectivity index (χ2n) is 4.49. The van der Waals surface area contributed by atoms with E-state index in [4.69, 9.17) is 4.42 Å². The molecule has 0 bridgehead atoms. The number of nitrogens with one attached hydrogen (secondary N) is 1. The molecule has 2 aromatic carbocycles. The van der Waals surface area contributed by atoms with Crippen molar-refractivity contribution in [2.45, 2.75) is 0 Å². The molecule has 0 saturated carbocycles. The zero-order chi connectivity index (χ0) is 13.0. The van der Waals surface area contributed by atoms with Crippen LogP contribution in [-0.2, 0) is 0 Å². The number of aromatic nitrogens is 1. The van der Waals surface area contributed by atoms with Gasteiger partial charge in [0.2, 0.25) is 0 Å². The monoisotopic (exact) mass is 251 g/mol. The molecule has 4 aromatic rings. The molecule has 4 heteroatoms. The van der Waals surface area contributed by atoms with Crippen molar-refractivity contribution in [1.82, 2.24) is 4.98 Å². The summed E-state index contributed by atoms with van der Waals surface area (Å²) in [4.78, 5) is 14.9. The number of benzene rings is 2. The molecule has 0 spiro atoms. The zero-order valence-corrected chi connectivity index (χ0v) is 9.81. The van der Waals surface area contributed by atoms with Gasteiger partial charge in [-0.15, -0.1) is 0 Å². The third-order valence-corrected chi connectivity index (χ3v) is 3.33. The first-order valence-electron chi connectivity index (χ1n) is 5.90. The number of fused-ring (bicyclic) bond motifs is 5. The highest BCUT2D eigenvalue weighted by Crippen LogP contribution is 2.32. The van der Waals surface area contributed by atoms with Crippen LogP contribution in [0.4, 0.5) is 0 Å². The largest absolute Gasteiger partial charge is 0.508 e. The summed E-state index contributed by atoms with van der Waals surface area (Å²) in [6, 6.07) is 12.1. The Hall–Kier alpha value is -2.75. The van der Waals surface area contributed by atoms with E-state index >= 15 is 0 Å². The molecule has 0 fully saturated rings. The van der Waals surface area contributed by atoms with Gasteiger partial charge in [0.1, 0.15) is 11.3 Å². The minimum absolute atomic E-state index is 0.143. The van der Waals surface area contributed by atoms with Crippen molar-refractivity contribution in [2.75, 3.05) is 0 Å². The van der Waals surface area contributed by atoms with Crippen LogP contribution < -0.4 is 5.56 Å². The number of pyridine rings is 1. The summed E-state index contributed by atoms with van der Waals surface area (Å²) < 4.78 is 5.79. The summed E-state index contributed by atoms with van der Waals surface area (Å²) >= 11 is 0. The van der Waals surface area contributed by atoms with E-state index in [9.17, 15) is 9.90 Å². The number of phenolic OH excluding ortho intramolecular Hbond substituents is 1. The topological polar surface area (TPSA) is 66.2 Å². The maximum absolute atomic E-state index is 12.1. The fourth-order valence-electron chi connectivity index (χ4n) is 2.46. The highest BCUT2D eigenvalue weighted by molar-refractivity contribution is 6.12. The lowest BCUT2D eigenvalue weighted by molar-refractivity contribution is 0.476. The van der Waals surface area contributed by atoms with Crippen molar-refractivity contribution in [3.63, 3.8) is 0 Å². The van der Waals surface area contributed by atoms with Crippen molar-refractivity contribution in [3.05, 3.63) is 52.8 Å². The van der Waals surface area contributed by atoms with E-state index in [1.807, 2.05) is 18.2 Å². The second-order valence-corrected chi connectivity index (χ2v) is 4.49. The summed E-state index contributed by atoms with van der Waals surface area (Å²) in [6.07, 6.45) is 0. The van der Waals surface area contributed by atoms with Crippen LogP contribution in [0.1, 0.15) is 0 Å². The predicted octanol–water partition coefficient (Wildman–Crippen LogP) is 3.13. The molecule has 4 rings (SSSR count). The fraction of sp³-hybridized carbons (Fsp3) is 0. The minimum Gasteiger partial charge on any atom is -0.508 e. The number of hydrogen-bond acceptors (Lipinski definition) is 3. The van der Waals surface area contributed by atoms with E-state index in [1.165, 1.54) is 0 Å². The van der Waals surface area contributed by atoms with Gasteiger partial charge in [0.15, 0.2) is 5.58 Å². The Kier molecular flexibility index (Phi) is 1.82. The highest BCUT2D eigenvalue weighted by atomic mass is 16.3. The molecular formula is C15H9NO3. The van der Waals surface area contributed by atoms with Crippen LogP contribution in [0.25, 0.3) is 32.8 Å². The first-order chi connectivity index (χ1) is 9.24. The summed E-state index contributed by atoms with van der Waals surface area (Å²) in [5.74, 6) is 0.143. The van der Waals surface area contributed by atoms with Crippen LogP contribution in [0, 0.1) is 0 Å². The quantitative estimate of drug-likeness (QED) is 0.504. The first kappa shape index (κ1) is 10.2. The standard InChI is InChI=1S/C15H9NO3/c17-8-5-6-12-11(7-8)13-14(19-12)9-3-1-2-4-10(9)15(18)16-13/h1-7,17H,(H,16,18). The SMILES string of the molecule is O=c1[nH]c2c3cc(O)ccc3oc2c2ccccc12. The van der Waals surface area contributed by atoms with E-state index in [0.717, 1.165) is 5.39 Å². The summed E-state index contributed by atoms with van der Waals surface area (Å²) in [6.45, 7) is 0. The van der Waals surface area contributed by atoms with Crippen molar-refractivity contribution >= 4 is 32.8 Å². The molecule has 2 aromatic heterocycles. The van der Waals surface area contributed by atoms with Crippen LogP contribution in [0.15, 0.2) is 51.7 Å². The van der Waals surface area contributed by atoms with Gasteiger partial charge >= 0.3 is 0 Å². The highest BCUT2D eigenvalue weighted by Gasteiger charge is 2.12. The fourth-order valence-corrected chi connectivity index (χ4v) is 2.46. The Balaban J connectivity index is 2.36. The molecule has 4 nitrogen and oxygen atoms in total. The van der Waals surface area contributed by atoms with Crippen LogP contribution in [0.2, 0.25) is 0 Å². The normalized spacial score (nSPS) is 11.6. The van der Waals surface area contributed by atoms with Crippen LogP contribution in [-0.4, -0.2) is 10.1 Å². The van der Waals surface area contributed by atoms with Crippen molar-refractivity contribution in [1.29, 1.82) is 0 Å². The lowest BCUT2D eigenvalue weighted by Gasteiger charge is -1.97. The molecule has 0 unspecified atom stereocenters. The van der Waals surface area contributed by atoms with Gasteiger partial charge in [-0.1, -0.05) is 18.2 Å². The number of rotatable bonds is 0. The lowest BCUT2D eigenvalue weighted by atomic mass is 10.1. The molecular weight excluding hydrogens is 242 g/mol. The smallest absolute Gasteiger partial charge is 0.256 e. The predicted molar refractivity (Wildman–Crippen MR) is 73.5 cm³/mol. The Labute approximate surface area is 106 Å². The van der Waals surface area contributed by atoms with Gasteiger partial charge in [0.25, 0.3) is 5.56 Å². The minimum atomic E-state index is -0.158. The summed E-state index contributed by atoms with van der Waals surface area (Å²) in [7, 11) is 0. The number of phenols is 1. The van der Waals surface area contributed by atoms with Gasteiger partial charge in [-0.25, -0.2) is 0 Å². The molecule has 0 saturated heterocycles. The third kappa shape index (κ3) is 1.31. The van der Waals surface area contributed by atoms with Crippen molar-refractivity contribution < 1.29 is 9.52 Å². The lowest BCUT2D eigenvalue weighted by Crippen LogP contribution is -2.05. The van der Waals surface area contributed by atoms with E-state index in [-0.39, 0.29) is 11.3 Å². The Morgan fingerprint density at radius 3 is 2.63 bits per heavy atom. The Bertz CT molecular complexity index is 995. The van der Waals surface area contributed by atoms with E-state index in [0.29, 0.717) is 27.5 Å². The average molecular weight is 251 g/mol. The number of aromatic amines is 1. The van der Waals surface area contributed by atoms with Gasteiger partial charge < -0.3 is 14.5 Å². The molecule has 19 heavy (non-hydrogen) atoms. The summed E-state index contributed by atoms with van der Waals surface area (Å²) in [5, 5.41) is 11.6. The molecule has 0 aliphatic carbocycles. The molecule has 0 amide bonds. The van der Waals surface area contributed by atoms with Crippen molar-refractivity contribution in [2.24, 2.45) is 0 Å². The number of hydrogen-bond donors (Lipinski definition) is 2. The first-order valence-corrected chi connectivity index (χ1v) is 5.90.